The minimum Gasteiger partial charge on any atom is -0.379 e. The van der Waals surface area contributed by atoms with Crippen LogP contribution in [-0.4, -0.2) is 30.8 Å². The predicted octanol–water partition coefficient (Wildman–Crippen LogP) is 1.10. The largest absolute Gasteiger partial charge is 0.379 e. The maximum atomic E-state index is 5.24. The maximum Gasteiger partial charge on any atom is 0.0589 e. The van der Waals surface area contributed by atoms with Crippen LogP contribution in [0.2, 0.25) is 0 Å². The lowest BCUT2D eigenvalue weighted by molar-refractivity contribution is 0.158. The lowest BCUT2D eigenvalue weighted by atomic mass is 10.6. The zero-order valence-electron chi connectivity index (χ0n) is 6.80. The molecule has 0 saturated carbocycles. The molecule has 0 aliphatic heterocycles. The van der Waals surface area contributed by atoms with Crippen LogP contribution in [0.5, 0.6) is 0 Å². The second kappa shape index (κ2) is 7.38. The van der Waals surface area contributed by atoms with Crippen LogP contribution in [0.15, 0.2) is 0 Å². The summed E-state index contributed by atoms with van der Waals surface area (Å²) in [7, 11) is 0. The van der Waals surface area contributed by atoms with Gasteiger partial charge in [0.2, 0.25) is 0 Å². The molecule has 0 aromatic carbocycles. The quantitative estimate of drug-likeness (QED) is 0.596. The standard InChI is InChI=1S/C7H17NOS/c1-7(2)10-6-5-9-4-3-8/h7H,3-6,8H2,1-2H3. The van der Waals surface area contributed by atoms with Crippen molar-refractivity contribution in [1.82, 2.24) is 0 Å². The molecule has 0 aromatic heterocycles. The molecule has 0 rings (SSSR count). The highest BCUT2D eigenvalue weighted by atomic mass is 32.2. The van der Waals surface area contributed by atoms with Crippen LogP contribution in [-0.2, 0) is 4.74 Å². The molecule has 0 spiro atoms. The van der Waals surface area contributed by atoms with Gasteiger partial charge in [-0.15, -0.1) is 0 Å². The summed E-state index contributed by atoms with van der Waals surface area (Å²) < 4.78 is 5.19. The molecule has 3 heteroatoms. The van der Waals surface area contributed by atoms with E-state index in [2.05, 4.69) is 13.8 Å². The summed E-state index contributed by atoms with van der Waals surface area (Å²) in [6.07, 6.45) is 0. The Morgan fingerprint density at radius 3 is 2.60 bits per heavy atom. The Morgan fingerprint density at radius 1 is 1.40 bits per heavy atom. The summed E-state index contributed by atoms with van der Waals surface area (Å²) >= 11 is 1.92. The number of nitrogens with two attached hydrogens (primary N) is 1. The Kier molecular flexibility index (Phi) is 7.58. The number of hydrogen-bond acceptors (Lipinski definition) is 3. The van der Waals surface area contributed by atoms with Crippen molar-refractivity contribution in [2.75, 3.05) is 25.5 Å². The van der Waals surface area contributed by atoms with Crippen LogP contribution in [0.1, 0.15) is 13.8 Å². The van der Waals surface area contributed by atoms with Crippen molar-refractivity contribution in [3.8, 4) is 0 Å². The fourth-order valence-corrected chi connectivity index (χ4v) is 1.21. The van der Waals surface area contributed by atoms with E-state index in [0.29, 0.717) is 18.4 Å². The molecule has 0 fully saturated rings. The molecular weight excluding hydrogens is 146 g/mol. The van der Waals surface area contributed by atoms with Crippen LogP contribution >= 0.6 is 11.8 Å². The Balaban J connectivity index is 2.77. The third-order valence-electron chi connectivity index (χ3n) is 0.941. The zero-order valence-corrected chi connectivity index (χ0v) is 7.62. The van der Waals surface area contributed by atoms with Crippen molar-refractivity contribution in [2.45, 2.75) is 19.1 Å². The minimum absolute atomic E-state index is 0.631. The summed E-state index contributed by atoms with van der Waals surface area (Å²) in [5.74, 6) is 1.08. The first-order valence-corrected chi connectivity index (χ1v) is 4.71. The molecule has 2 nitrogen and oxygen atoms in total. The highest BCUT2D eigenvalue weighted by molar-refractivity contribution is 7.99. The zero-order chi connectivity index (χ0) is 7.82. The van der Waals surface area contributed by atoms with E-state index < -0.39 is 0 Å². The number of rotatable bonds is 6. The van der Waals surface area contributed by atoms with Crippen molar-refractivity contribution in [1.29, 1.82) is 0 Å². The van der Waals surface area contributed by atoms with Crippen LogP contribution < -0.4 is 5.73 Å². The van der Waals surface area contributed by atoms with Gasteiger partial charge in [0.15, 0.2) is 0 Å². The van der Waals surface area contributed by atoms with Crippen LogP contribution in [0, 0.1) is 0 Å². The van der Waals surface area contributed by atoms with Gasteiger partial charge < -0.3 is 10.5 Å². The van der Waals surface area contributed by atoms with Crippen LogP contribution in [0.3, 0.4) is 0 Å². The average Bonchev–Trinajstić information content (AvgIpc) is 1.87. The smallest absolute Gasteiger partial charge is 0.0589 e. The lowest BCUT2D eigenvalue weighted by Crippen LogP contribution is -2.10. The van der Waals surface area contributed by atoms with Crippen molar-refractivity contribution >= 4 is 11.8 Å². The minimum atomic E-state index is 0.631. The SMILES string of the molecule is CC(C)SCCOCCN. The van der Waals surface area contributed by atoms with E-state index in [9.17, 15) is 0 Å². The van der Waals surface area contributed by atoms with Crippen LogP contribution in [0.4, 0.5) is 0 Å². The fraction of sp³-hybridized carbons (Fsp3) is 1.00. The van der Waals surface area contributed by atoms with Crippen molar-refractivity contribution < 1.29 is 4.74 Å². The molecule has 0 aliphatic rings. The van der Waals surface area contributed by atoms with Gasteiger partial charge in [-0.2, -0.15) is 11.8 Å². The first kappa shape index (κ1) is 10.3. The fourth-order valence-electron chi connectivity index (χ4n) is 0.528. The van der Waals surface area contributed by atoms with Crippen LogP contribution in [0.25, 0.3) is 0 Å². The van der Waals surface area contributed by atoms with Gasteiger partial charge in [0.05, 0.1) is 13.2 Å². The lowest BCUT2D eigenvalue weighted by Gasteiger charge is -2.04. The maximum absolute atomic E-state index is 5.24. The molecule has 0 aliphatic carbocycles. The first-order valence-electron chi connectivity index (χ1n) is 3.66. The Bertz CT molecular complexity index is 68.6. The summed E-state index contributed by atoms with van der Waals surface area (Å²) in [6, 6.07) is 0. The summed E-state index contributed by atoms with van der Waals surface area (Å²) in [4.78, 5) is 0. The van der Waals surface area contributed by atoms with Gasteiger partial charge in [0.25, 0.3) is 0 Å². The molecule has 0 amide bonds. The molecule has 0 radical (unpaired) electrons. The second-order valence-electron chi connectivity index (χ2n) is 2.32. The van der Waals surface area contributed by atoms with E-state index in [4.69, 9.17) is 10.5 Å². The van der Waals surface area contributed by atoms with E-state index in [1.54, 1.807) is 0 Å². The molecule has 0 saturated heterocycles. The van der Waals surface area contributed by atoms with Gasteiger partial charge in [-0.1, -0.05) is 13.8 Å². The van der Waals surface area contributed by atoms with E-state index >= 15 is 0 Å². The molecule has 62 valence electrons. The van der Waals surface area contributed by atoms with Gasteiger partial charge >= 0.3 is 0 Å². The van der Waals surface area contributed by atoms with Gasteiger partial charge in [0.1, 0.15) is 0 Å². The third-order valence-corrected chi connectivity index (χ3v) is 2.01. The number of hydrogen-bond donors (Lipinski definition) is 1. The summed E-state index contributed by atoms with van der Waals surface area (Å²) in [5.41, 5.74) is 5.24. The number of ether oxygens (including phenoxy) is 1. The van der Waals surface area contributed by atoms with E-state index in [0.717, 1.165) is 12.4 Å². The van der Waals surface area contributed by atoms with Crippen molar-refractivity contribution in [2.24, 2.45) is 5.73 Å². The average molecular weight is 163 g/mol. The molecule has 0 bridgehead atoms. The second-order valence-corrected chi connectivity index (χ2v) is 4.00. The van der Waals surface area contributed by atoms with Gasteiger partial charge in [-0.3, -0.25) is 0 Å². The van der Waals surface area contributed by atoms with E-state index in [-0.39, 0.29) is 0 Å². The van der Waals surface area contributed by atoms with Gasteiger partial charge in [-0.25, -0.2) is 0 Å². The molecule has 0 aromatic rings. The normalized spacial score (nSPS) is 10.8. The molecule has 0 heterocycles. The molecule has 2 N–H and O–H groups in total. The third kappa shape index (κ3) is 8.27. The molecule has 0 atom stereocenters. The van der Waals surface area contributed by atoms with Crippen molar-refractivity contribution in [3.05, 3.63) is 0 Å². The molecular formula is C7H17NOS. The van der Waals surface area contributed by atoms with E-state index in [1.807, 2.05) is 11.8 Å². The highest BCUT2D eigenvalue weighted by Gasteiger charge is 1.92. The number of thioether (sulfide) groups is 1. The van der Waals surface area contributed by atoms with E-state index in [1.165, 1.54) is 0 Å². The van der Waals surface area contributed by atoms with Gasteiger partial charge in [0, 0.05) is 12.3 Å². The summed E-state index contributed by atoms with van der Waals surface area (Å²) in [5, 5.41) is 0.710. The summed E-state index contributed by atoms with van der Waals surface area (Å²) in [6.45, 7) is 6.53. The van der Waals surface area contributed by atoms with Crippen molar-refractivity contribution in [3.63, 3.8) is 0 Å². The molecule has 0 unspecified atom stereocenters. The Morgan fingerprint density at radius 2 is 2.10 bits per heavy atom. The Labute approximate surface area is 67.5 Å². The topological polar surface area (TPSA) is 35.2 Å². The Hall–Kier alpha value is 0.270. The highest BCUT2D eigenvalue weighted by Crippen LogP contribution is 2.07. The molecule has 10 heavy (non-hydrogen) atoms. The predicted molar refractivity (Wildman–Crippen MR) is 47.5 cm³/mol. The first-order chi connectivity index (χ1) is 4.77. The van der Waals surface area contributed by atoms with Gasteiger partial charge in [-0.05, 0) is 5.25 Å². The monoisotopic (exact) mass is 163 g/mol.